The van der Waals surface area contributed by atoms with Gasteiger partial charge in [0.2, 0.25) is 11.7 Å². The number of benzene rings is 1. The van der Waals surface area contributed by atoms with Crippen molar-refractivity contribution < 1.29 is 4.79 Å². The topological polar surface area (TPSA) is 85.6 Å². The molecule has 0 fully saturated rings. The summed E-state index contributed by atoms with van der Waals surface area (Å²) in [5.41, 5.74) is 1.07. The van der Waals surface area contributed by atoms with E-state index >= 15 is 0 Å². The maximum atomic E-state index is 12.0. The highest BCUT2D eigenvalue weighted by atomic mass is 35.5. The molecule has 9 heteroatoms. The Kier molecular flexibility index (Phi) is 4.50. The molecule has 0 saturated heterocycles. The summed E-state index contributed by atoms with van der Waals surface area (Å²) in [5, 5.41) is 15.3. The molecule has 2 aromatic heterocycles. The summed E-state index contributed by atoms with van der Waals surface area (Å²) in [6, 6.07) is 10.5. The summed E-state index contributed by atoms with van der Waals surface area (Å²) in [6.45, 7) is -0.108. The summed E-state index contributed by atoms with van der Waals surface area (Å²) >= 11 is 12.0. The minimum atomic E-state index is -0.344. The fourth-order valence-electron chi connectivity index (χ4n) is 1.86. The van der Waals surface area contributed by atoms with E-state index in [0.717, 1.165) is 0 Å². The second-order valence-corrected chi connectivity index (χ2v) is 5.28. The average Bonchev–Trinajstić information content (AvgIpc) is 2.98. The summed E-state index contributed by atoms with van der Waals surface area (Å²) in [6.07, 6.45) is 1.53. The Morgan fingerprint density at radius 1 is 1.17 bits per heavy atom. The van der Waals surface area contributed by atoms with Crippen molar-refractivity contribution >= 4 is 34.8 Å². The van der Waals surface area contributed by atoms with Crippen molar-refractivity contribution in [2.75, 3.05) is 5.32 Å². The van der Waals surface area contributed by atoms with Gasteiger partial charge >= 0.3 is 0 Å². The first-order valence-corrected chi connectivity index (χ1v) is 7.32. The zero-order valence-electron chi connectivity index (χ0n) is 11.6. The SMILES string of the molecule is O=C(Cn1nnc(-c2ccccc2Cl)n1)Nc1cccnc1Cl. The predicted molar refractivity (Wildman–Crippen MR) is 86.1 cm³/mol. The molecule has 1 N–H and O–H groups in total. The van der Waals surface area contributed by atoms with Gasteiger partial charge in [0.1, 0.15) is 6.54 Å². The van der Waals surface area contributed by atoms with Crippen molar-refractivity contribution in [1.29, 1.82) is 0 Å². The van der Waals surface area contributed by atoms with Gasteiger partial charge in [0, 0.05) is 11.8 Å². The molecule has 2 heterocycles. The third kappa shape index (κ3) is 3.64. The number of pyridine rings is 1. The number of amides is 1. The van der Waals surface area contributed by atoms with Crippen molar-refractivity contribution in [2.45, 2.75) is 6.54 Å². The number of aromatic nitrogens is 5. The lowest BCUT2D eigenvalue weighted by Gasteiger charge is -2.05. The highest BCUT2D eigenvalue weighted by Crippen LogP contribution is 2.23. The highest BCUT2D eigenvalue weighted by molar-refractivity contribution is 6.33. The lowest BCUT2D eigenvalue weighted by Crippen LogP contribution is -2.20. The quantitative estimate of drug-likeness (QED) is 0.732. The van der Waals surface area contributed by atoms with Gasteiger partial charge in [-0.05, 0) is 29.5 Å². The Balaban J connectivity index is 1.71. The van der Waals surface area contributed by atoms with Gasteiger partial charge in [-0.25, -0.2) is 4.98 Å². The fraction of sp³-hybridized carbons (Fsp3) is 0.0714. The molecule has 0 aliphatic heterocycles. The summed E-state index contributed by atoms with van der Waals surface area (Å²) < 4.78 is 0. The van der Waals surface area contributed by atoms with E-state index in [0.29, 0.717) is 22.1 Å². The largest absolute Gasteiger partial charge is 0.322 e. The van der Waals surface area contributed by atoms with Crippen LogP contribution in [0.3, 0.4) is 0 Å². The molecule has 1 aromatic carbocycles. The second kappa shape index (κ2) is 6.72. The van der Waals surface area contributed by atoms with Crippen LogP contribution < -0.4 is 5.32 Å². The summed E-state index contributed by atoms with van der Waals surface area (Å²) in [7, 11) is 0. The molecule has 0 atom stereocenters. The first-order valence-electron chi connectivity index (χ1n) is 6.56. The molecule has 0 bridgehead atoms. The van der Waals surface area contributed by atoms with Crippen LogP contribution in [0.4, 0.5) is 5.69 Å². The Morgan fingerprint density at radius 2 is 2.00 bits per heavy atom. The van der Waals surface area contributed by atoms with Gasteiger partial charge in [0.25, 0.3) is 0 Å². The van der Waals surface area contributed by atoms with Crippen molar-refractivity contribution in [3.8, 4) is 11.4 Å². The molecular weight excluding hydrogens is 339 g/mol. The maximum absolute atomic E-state index is 12.0. The van der Waals surface area contributed by atoms with Gasteiger partial charge in [0.05, 0.1) is 10.7 Å². The van der Waals surface area contributed by atoms with Crippen LogP contribution >= 0.6 is 23.2 Å². The minimum Gasteiger partial charge on any atom is -0.322 e. The number of rotatable bonds is 4. The van der Waals surface area contributed by atoms with Crippen molar-refractivity contribution in [1.82, 2.24) is 25.2 Å². The smallest absolute Gasteiger partial charge is 0.248 e. The molecule has 1 amide bonds. The van der Waals surface area contributed by atoms with Gasteiger partial charge in [-0.2, -0.15) is 4.80 Å². The Hall–Kier alpha value is -2.51. The van der Waals surface area contributed by atoms with Crippen molar-refractivity contribution in [3.05, 3.63) is 52.8 Å². The van der Waals surface area contributed by atoms with E-state index in [1.807, 2.05) is 6.07 Å². The molecule has 0 aliphatic carbocycles. The van der Waals surface area contributed by atoms with Gasteiger partial charge in [-0.15, -0.1) is 10.2 Å². The van der Waals surface area contributed by atoms with Crippen LogP contribution in [-0.4, -0.2) is 31.1 Å². The number of anilines is 1. The van der Waals surface area contributed by atoms with Crippen LogP contribution in [0, 0.1) is 0 Å². The van der Waals surface area contributed by atoms with E-state index in [4.69, 9.17) is 23.2 Å². The normalized spacial score (nSPS) is 10.5. The molecule has 0 spiro atoms. The standard InChI is InChI=1S/C14H10Cl2N6O/c15-10-5-2-1-4-9(10)14-19-21-22(20-14)8-12(23)18-11-6-3-7-17-13(11)16/h1-7H,8H2,(H,18,23). The molecule has 0 radical (unpaired) electrons. The van der Waals surface area contributed by atoms with Gasteiger partial charge in [-0.3, -0.25) is 4.79 Å². The molecule has 7 nitrogen and oxygen atoms in total. The number of carbonyl (C=O) groups excluding carboxylic acids is 1. The van der Waals surface area contributed by atoms with E-state index in [-0.39, 0.29) is 17.6 Å². The van der Waals surface area contributed by atoms with Crippen LogP contribution in [0.1, 0.15) is 0 Å². The lowest BCUT2D eigenvalue weighted by molar-refractivity contribution is -0.117. The molecule has 23 heavy (non-hydrogen) atoms. The molecule has 0 aliphatic rings. The van der Waals surface area contributed by atoms with E-state index < -0.39 is 0 Å². The van der Waals surface area contributed by atoms with Crippen molar-refractivity contribution in [3.63, 3.8) is 0 Å². The monoisotopic (exact) mass is 348 g/mol. The zero-order chi connectivity index (χ0) is 16.2. The van der Waals surface area contributed by atoms with Gasteiger partial charge < -0.3 is 5.32 Å². The number of hydrogen-bond donors (Lipinski definition) is 1. The summed E-state index contributed by atoms with van der Waals surface area (Å²) in [4.78, 5) is 17.1. The molecule has 3 aromatic rings. The Morgan fingerprint density at radius 3 is 2.78 bits per heavy atom. The third-order valence-corrected chi connectivity index (χ3v) is 3.52. The Bertz CT molecular complexity index is 851. The average molecular weight is 349 g/mol. The van der Waals surface area contributed by atoms with Crippen LogP contribution in [0.5, 0.6) is 0 Å². The van der Waals surface area contributed by atoms with Gasteiger partial charge in [-0.1, -0.05) is 35.3 Å². The molecule has 116 valence electrons. The van der Waals surface area contributed by atoms with Crippen LogP contribution in [0.15, 0.2) is 42.6 Å². The lowest BCUT2D eigenvalue weighted by atomic mass is 10.2. The minimum absolute atomic E-state index is 0.108. The predicted octanol–water partition coefficient (Wildman–Crippen LogP) is 2.68. The Labute approximate surface area is 141 Å². The highest BCUT2D eigenvalue weighted by Gasteiger charge is 2.12. The first-order chi connectivity index (χ1) is 11.1. The van der Waals surface area contributed by atoms with E-state index in [1.165, 1.54) is 11.0 Å². The second-order valence-electron chi connectivity index (χ2n) is 4.51. The van der Waals surface area contributed by atoms with Crippen LogP contribution in [0.2, 0.25) is 10.2 Å². The van der Waals surface area contributed by atoms with Gasteiger partial charge in [0.15, 0.2) is 5.15 Å². The maximum Gasteiger partial charge on any atom is 0.248 e. The molecular formula is C14H10Cl2N6O. The van der Waals surface area contributed by atoms with Crippen molar-refractivity contribution in [2.24, 2.45) is 0 Å². The van der Waals surface area contributed by atoms with E-state index in [1.54, 1.807) is 30.3 Å². The first kappa shape index (κ1) is 15.4. The number of carbonyl (C=O) groups is 1. The number of nitrogens with one attached hydrogen (secondary N) is 1. The van der Waals surface area contributed by atoms with Crippen LogP contribution in [0.25, 0.3) is 11.4 Å². The number of nitrogens with zero attached hydrogens (tertiary/aromatic N) is 5. The summed E-state index contributed by atoms with van der Waals surface area (Å²) in [5.74, 6) is 0.00539. The number of halogens is 2. The number of tetrazole rings is 1. The fourth-order valence-corrected chi connectivity index (χ4v) is 2.24. The number of hydrogen-bond acceptors (Lipinski definition) is 5. The zero-order valence-corrected chi connectivity index (χ0v) is 13.2. The molecule has 3 rings (SSSR count). The molecule has 0 unspecified atom stereocenters. The van der Waals surface area contributed by atoms with E-state index in [9.17, 15) is 4.79 Å². The van der Waals surface area contributed by atoms with E-state index in [2.05, 4.69) is 25.7 Å². The van der Waals surface area contributed by atoms with Crippen LogP contribution in [-0.2, 0) is 11.3 Å². The third-order valence-electron chi connectivity index (χ3n) is 2.89. The molecule has 0 saturated carbocycles.